The van der Waals surface area contributed by atoms with Crippen LogP contribution in [-0.4, -0.2) is 55.2 Å². The van der Waals surface area contributed by atoms with Gasteiger partial charge >= 0.3 is 0 Å². The van der Waals surface area contributed by atoms with E-state index in [0.29, 0.717) is 0 Å². The molecular weight excluding hydrogens is 262 g/mol. The summed E-state index contributed by atoms with van der Waals surface area (Å²) in [4.78, 5) is 5.01. The van der Waals surface area contributed by atoms with Crippen molar-refractivity contribution in [3.05, 3.63) is 29.8 Å². The number of hydrogen-bond acceptors (Lipinski definition) is 4. The summed E-state index contributed by atoms with van der Waals surface area (Å²) < 4.78 is 5.27. The largest absolute Gasteiger partial charge is 0.497 e. The molecular formula is C17H29N3O. The molecule has 0 aliphatic carbocycles. The standard InChI is InChI=1S/C17H29N3O/c1-17(2,3)20-10-8-19(9-11-20)13-16(18)14-6-5-7-15(12-14)21-4/h5-7,12,16H,8-11,13,18H2,1-4H3. The molecule has 4 heteroatoms. The molecule has 1 aliphatic heterocycles. The van der Waals surface area contributed by atoms with Gasteiger partial charge in [0.2, 0.25) is 0 Å². The first-order valence-electron chi connectivity index (χ1n) is 7.77. The Bertz CT molecular complexity index is 448. The van der Waals surface area contributed by atoms with Crippen LogP contribution in [0.3, 0.4) is 0 Å². The van der Waals surface area contributed by atoms with E-state index in [-0.39, 0.29) is 11.6 Å². The lowest BCUT2D eigenvalue weighted by atomic mass is 10.0. The molecule has 0 bridgehead atoms. The van der Waals surface area contributed by atoms with Crippen LogP contribution in [0, 0.1) is 0 Å². The van der Waals surface area contributed by atoms with Gasteiger partial charge in [-0.25, -0.2) is 0 Å². The third-order valence-corrected chi connectivity index (χ3v) is 4.30. The van der Waals surface area contributed by atoms with Gasteiger partial charge in [0, 0.05) is 44.3 Å². The van der Waals surface area contributed by atoms with Crippen molar-refractivity contribution in [3.8, 4) is 5.75 Å². The molecule has 4 nitrogen and oxygen atoms in total. The van der Waals surface area contributed by atoms with Crippen molar-refractivity contribution in [2.75, 3.05) is 39.8 Å². The van der Waals surface area contributed by atoms with Crippen molar-refractivity contribution in [1.29, 1.82) is 0 Å². The smallest absolute Gasteiger partial charge is 0.119 e. The van der Waals surface area contributed by atoms with Crippen molar-refractivity contribution >= 4 is 0 Å². The van der Waals surface area contributed by atoms with Gasteiger partial charge in [-0.2, -0.15) is 0 Å². The van der Waals surface area contributed by atoms with E-state index in [1.54, 1.807) is 7.11 Å². The minimum absolute atomic E-state index is 0.0429. The maximum absolute atomic E-state index is 6.36. The normalized spacial score (nSPS) is 19.5. The summed E-state index contributed by atoms with van der Waals surface area (Å²) in [5.74, 6) is 0.875. The summed E-state index contributed by atoms with van der Waals surface area (Å²) in [6, 6.07) is 8.12. The fraction of sp³-hybridized carbons (Fsp3) is 0.647. The van der Waals surface area contributed by atoms with Crippen molar-refractivity contribution in [1.82, 2.24) is 9.80 Å². The second-order valence-corrected chi connectivity index (χ2v) is 6.84. The molecule has 0 amide bonds. The zero-order valence-electron chi connectivity index (χ0n) is 13.8. The molecule has 0 aromatic heterocycles. The van der Waals surface area contributed by atoms with E-state index in [2.05, 4.69) is 36.6 Å². The summed E-state index contributed by atoms with van der Waals surface area (Å²) >= 11 is 0. The highest BCUT2D eigenvalue weighted by atomic mass is 16.5. The van der Waals surface area contributed by atoms with Gasteiger partial charge in [0.25, 0.3) is 0 Å². The van der Waals surface area contributed by atoms with Crippen LogP contribution in [0.25, 0.3) is 0 Å². The summed E-state index contributed by atoms with van der Waals surface area (Å²) in [5.41, 5.74) is 7.77. The zero-order chi connectivity index (χ0) is 15.5. The number of nitrogens with two attached hydrogens (primary N) is 1. The monoisotopic (exact) mass is 291 g/mol. The third kappa shape index (κ3) is 4.43. The summed E-state index contributed by atoms with van der Waals surface area (Å²) in [5, 5.41) is 0. The van der Waals surface area contributed by atoms with E-state index in [1.807, 2.05) is 18.2 Å². The van der Waals surface area contributed by atoms with E-state index in [9.17, 15) is 0 Å². The molecule has 1 aromatic carbocycles. The summed E-state index contributed by atoms with van der Waals surface area (Å²) in [6.07, 6.45) is 0. The van der Waals surface area contributed by atoms with Gasteiger partial charge < -0.3 is 10.5 Å². The van der Waals surface area contributed by atoms with Crippen LogP contribution in [0.2, 0.25) is 0 Å². The molecule has 118 valence electrons. The number of hydrogen-bond donors (Lipinski definition) is 1. The molecule has 1 heterocycles. The molecule has 1 fully saturated rings. The van der Waals surface area contributed by atoms with Crippen LogP contribution < -0.4 is 10.5 Å². The van der Waals surface area contributed by atoms with Gasteiger partial charge in [0.05, 0.1) is 7.11 Å². The highest BCUT2D eigenvalue weighted by molar-refractivity contribution is 5.30. The SMILES string of the molecule is COc1cccc(C(N)CN2CCN(C(C)(C)C)CC2)c1. The van der Waals surface area contributed by atoms with Crippen LogP contribution in [0.15, 0.2) is 24.3 Å². The highest BCUT2D eigenvalue weighted by Gasteiger charge is 2.26. The summed E-state index contributed by atoms with van der Waals surface area (Å²) in [7, 11) is 1.69. The second-order valence-electron chi connectivity index (χ2n) is 6.84. The summed E-state index contributed by atoms with van der Waals surface area (Å²) in [6.45, 7) is 12.2. The Morgan fingerprint density at radius 1 is 1.19 bits per heavy atom. The fourth-order valence-corrected chi connectivity index (χ4v) is 2.86. The van der Waals surface area contributed by atoms with E-state index < -0.39 is 0 Å². The molecule has 2 rings (SSSR count). The lowest BCUT2D eigenvalue weighted by molar-refractivity contribution is 0.0598. The molecule has 0 saturated carbocycles. The van der Waals surface area contributed by atoms with E-state index in [4.69, 9.17) is 10.5 Å². The molecule has 0 radical (unpaired) electrons. The van der Waals surface area contributed by atoms with E-state index in [1.165, 1.54) is 0 Å². The molecule has 21 heavy (non-hydrogen) atoms. The molecule has 1 unspecified atom stereocenters. The molecule has 1 aliphatic rings. The molecule has 1 saturated heterocycles. The van der Waals surface area contributed by atoms with Gasteiger partial charge in [-0.3, -0.25) is 9.80 Å². The van der Waals surface area contributed by atoms with Gasteiger partial charge in [-0.1, -0.05) is 12.1 Å². The number of piperazine rings is 1. The van der Waals surface area contributed by atoms with Crippen molar-refractivity contribution in [2.24, 2.45) is 5.73 Å². The first kappa shape index (κ1) is 16.3. The quantitative estimate of drug-likeness (QED) is 0.922. The Hall–Kier alpha value is -1.10. The number of benzene rings is 1. The Kier molecular flexibility index (Phi) is 5.25. The van der Waals surface area contributed by atoms with Crippen LogP contribution in [0.4, 0.5) is 0 Å². The van der Waals surface area contributed by atoms with Gasteiger partial charge in [-0.15, -0.1) is 0 Å². The van der Waals surface area contributed by atoms with Gasteiger partial charge in [-0.05, 0) is 38.5 Å². The maximum Gasteiger partial charge on any atom is 0.119 e. The second kappa shape index (κ2) is 6.77. The zero-order valence-corrected chi connectivity index (χ0v) is 13.8. The van der Waals surface area contributed by atoms with Crippen molar-refractivity contribution < 1.29 is 4.74 Å². The minimum atomic E-state index is 0.0429. The number of rotatable bonds is 4. The average molecular weight is 291 g/mol. The third-order valence-electron chi connectivity index (χ3n) is 4.30. The van der Waals surface area contributed by atoms with E-state index in [0.717, 1.165) is 44.0 Å². The predicted molar refractivity (Wildman–Crippen MR) is 87.7 cm³/mol. The number of nitrogens with zero attached hydrogens (tertiary/aromatic N) is 2. The van der Waals surface area contributed by atoms with Gasteiger partial charge in [0.1, 0.15) is 5.75 Å². The Morgan fingerprint density at radius 3 is 2.43 bits per heavy atom. The molecule has 1 atom stereocenters. The topological polar surface area (TPSA) is 41.7 Å². The number of ether oxygens (including phenoxy) is 1. The van der Waals surface area contributed by atoms with Crippen LogP contribution in [0.5, 0.6) is 5.75 Å². The number of methoxy groups -OCH3 is 1. The van der Waals surface area contributed by atoms with E-state index >= 15 is 0 Å². The first-order chi connectivity index (χ1) is 9.90. The molecule has 0 spiro atoms. The van der Waals surface area contributed by atoms with Crippen LogP contribution in [-0.2, 0) is 0 Å². The minimum Gasteiger partial charge on any atom is -0.497 e. The van der Waals surface area contributed by atoms with Crippen molar-refractivity contribution in [2.45, 2.75) is 32.4 Å². The van der Waals surface area contributed by atoms with Crippen LogP contribution >= 0.6 is 0 Å². The van der Waals surface area contributed by atoms with Crippen molar-refractivity contribution in [3.63, 3.8) is 0 Å². The highest BCUT2D eigenvalue weighted by Crippen LogP contribution is 2.20. The Labute approximate surface area is 128 Å². The lowest BCUT2D eigenvalue weighted by Gasteiger charge is -2.42. The molecule has 2 N–H and O–H groups in total. The maximum atomic E-state index is 6.36. The average Bonchev–Trinajstić information content (AvgIpc) is 2.47. The molecule has 1 aromatic rings. The van der Waals surface area contributed by atoms with Gasteiger partial charge in [0.15, 0.2) is 0 Å². The predicted octanol–water partition coefficient (Wildman–Crippen LogP) is 2.11. The lowest BCUT2D eigenvalue weighted by Crippen LogP contribution is -2.54. The first-order valence-corrected chi connectivity index (χ1v) is 7.77. The van der Waals surface area contributed by atoms with Crippen LogP contribution in [0.1, 0.15) is 32.4 Å². The Morgan fingerprint density at radius 2 is 1.86 bits per heavy atom. The fourth-order valence-electron chi connectivity index (χ4n) is 2.86. The Balaban J connectivity index is 1.88.